The molecule has 26 heavy (non-hydrogen) atoms. The second-order valence-corrected chi connectivity index (χ2v) is 7.38. The molecule has 0 saturated carbocycles. The number of aromatic nitrogens is 2. The molecule has 140 valence electrons. The zero-order valence-corrected chi connectivity index (χ0v) is 17.0. The molecule has 1 heterocycles. The van der Waals surface area contributed by atoms with Crippen LogP contribution >= 0.6 is 23.8 Å². The number of hydrazine groups is 1. The summed E-state index contributed by atoms with van der Waals surface area (Å²) >= 11 is 11.1. The molecule has 0 saturated heterocycles. The summed E-state index contributed by atoms with van der Waals surface area (Å²) in [6, 6.07) is 7.16. The lowest BCUT2D eigenvalue weighted by Gasteiger charge is -2.12. The molecular formula is C18H24ClN5OS. The van der Waals surface area contributed by atoms with E-state index in [4.69, 9.17) is 23.8 Å². The van der Waals surface area contributed by atoms with Crippen molar-refractivity contribution in [2.24, 2.45) is 5.92 Å². The summed E-state index contributed by atoms with van der Waals surface area (Å²) in [6.07, 6.45) is 0.239. The van der Waals surface area contributed by atoms with Gasteiger partial charge in [0.25, 0.3) is 0 Å². The van der Waals surface area contributed by atoms with Crippen molar-refractivity contribution in [3.63, 3.8) is 0 Å². The van der Waals surface area contributed by atoms with Gasteiger partial charge >= 0.3 is 0 Å². The van der Waals surface area contributed by atoms with E-state index in [2.05, 4.69) is 35.1 Å². The van der Waals surface area contributed by atoms with Crippen LogP contribution in [0.1, 0.15) is 30.8 Å². The van der Waals surface area contributed by atoms with Crippen molar-refractivity contribution >= 4 is 40.5 Å². The van der Waals surface area contributed by atoms with Crippen molar-refractivity contribution in [1.82, 2.24) is 20.6 Å². The first-order valence-electron chi connectivity index (χ1n) is 8.40. The molecule has 0 aliphatic carbocycles. The van der Waals surface area contributed by atoms with Crippen LogP contribution in [-0.2, 0) is 17.8 Å². The fourth-order valence-electron chi connectivity index (χ4n) is 2.57. The van der Waals surface area contributed by atoms with Crippen LogP contribution in [0.25, 0.3) is 0 Å². The van der Waals surface area contributed by atoms with Crippen LogP contribution in [-0.4, -0.2) is 20.8 Å². The highest BCUT2D eigenvalue weighted by atomic mass is 35.5. The van der Waals surface area contributed by atoms with Gasteiger partial charge in [-0.3, -0.25) is 20.3 Å². The molecule has 0 fully saturated rings. The summed E-state index contributed by atoms with van der Waals surface area (Å²) in [7, 11) is 0. The molecule has 6 nitrogen and oxygen atoms in total. The van der Waals surface area contributed by atoms with E-state index in [0.29, 0.717) is 10.9 Å². The molecule has 0 atom stereocenters. The maximum atomic E-state index is 12.2. The summed E-state index contributed by atoms with van der Waals surface area (Å²) in [5.41, 5.74) is 8.88. The fourth-order valence-corrected chi connectivity index (χ4v) is 2.93. The number of halogens is 1. The lowest BCUT2D eigenvalue weighted by Crippen LogP contribution is -2.44. The smallest absolute Gasteiger partial charge is 0.242 e. The van der Waals surface area contributed by atoms with E-state index in [1.165, 1.54) is 0 Å². The zero-order valence-electron chi connectivity index (χ0n) is 15.4. The van der Waals surface area contributed by atoms with Gasteiger partial charge in [-0.25, -0.2) is 0 Å². The van der Waals surface area contributed by atoms with E-state index < -0.39 is 0 Å². The first kappa shape index (κ1) is 20.2. The number of carbonyl (C=O) groups is 1. The Hall–Kier alpha value is -2.12. The van der Waals surface area contributed by atoms with Crippen LogP contribution < -0.4 is 16.2 Å². The molecule has 1 aromatic heterocycles. The summed E-state index contributed by atoms with van der Waals surface area (Å²) in [6.45, 7) is 9.02. The Kier molecular flexibility index (Phi) is 6.99. The van der Waals surface area contributed by atoms with E-state index in [1.807, 2.05) is 30.7 Å². The van der Waals surface area contributed by atoms with Gasteiger partial charge in [0.2, 0.25) is 5.91 Å². The van der Waals surface area contributed by atoms with Crippen molar-refractivity contribution in [2.75, 3.05) is 5.32 Å². The van der Waals surface area contributed by atoms with Gasteiger partial charge in [0.15, 0.2) is 5.11 Å². The third-order valence-corrected chi connectivity index (χ3v) is 4.24. The van der Waals surface area contributed by atoms with E-state index >= 15 is 0 Å². The first-order valence-corrected chi connectivity index (χ1v) is 9.19. The van der Waals surface area contributed by atoms with Gasteiger partial charge in [-0.1, -0.05) is 31.5 Å². The van der Waals surface area contributed by atoms with Crippen LogP contribution in [0.5, 0.6) is 0 Å². The maximum Gasteiger partial charge on any atom is 0.242 e. The zero-order chi connectivity index (χ0) is 19.3. The molecule has 0 aliphatic rings. The highest BCUT2D eigenvalue weighted by Crippen LogP contribution is 2.16. The minimum atomic E-state index is -0.185. The molecule has 0 unspecified atom stereocenters. The van der Waals surface area contributed by atoms with Crippen LogP contribution in [0.3, 0.4) is 0 Å². The molecule has 0 spiro atoms. The molecule has 3 N–H and O–H groups in total. The Bertz CT molecular complexity index is 803. The van der Waals surface area contributed by atoms with Gasteiger partial charge in [0.1, 0.15) is 0 Å². The number of hydrogen-bond acceptors (Lipinski definition) is 3. The normalized spacial score (nSPS) is 10.7. The Morgan fingerprint density at radius 2 is 2.04 bits per heavy atom. The summed E-state index contributed by atoms with van der Waals surface area (Å²) in [5.74, 6) is 0.307. The minimum absolute atomic E-state index is 0.185. The highest BCUT2D eigenvalue weighted by Gasteiger charge is 2.15. The Balaban J connectivity index is 1.89. The third kappa shape index (κ3) is 5.71. The molecule has 1 amide bonds. The summed E-state index contributed by atoms with van der Waals surface area (Å²) in [4.78, 5) is 12.2. The molecule has 8 heteroatoms. The number of benzene rings is 1. The van der Waals surface area contributed by atoms with Gasteiger partial charge in [-0.15, -0.1) is 0 Å². The number of anilines is 1. The number of nitrogens with one attached hydrogen (secondary N) is 3. The molecule has 0 radical (unpaired) electrons. The van der Waals surface area contributed by atoms with Crippen molar-refractivity contribution in [1.29, 1.82) is 0 Å². The van der Waals surface area contributed by atoms with Crippen LogP contribution in [0.2, 0.25) is 5.02 Å². The van der Waals surface area contributed by atoms with Gasteiger partial charge in [-0.05, 0) is 50.2 Å². The first-order chi connectivity index (χ1) is 12.3. The average Bonchev–Trinajstić information content (AvgIpc) is 2.80. The molecule has 0 aliphatic heterocycles. The van der Waals surface area contributed by atoms with Crippen molar-refractivity contribution < 1.29 is 4.79 Å². The third-order valence-electron chi connectivity index (χ3n) is 3.80. The van der Waals surface area contributed by atoms with Gasteiger partial charge in [0.05, 0.1) is 12.1 Å². The number of hydrogen-bond donors (Lipinski definition) is 3. The quantitative estimate of drug-likeness (QED) is 0.536. The van der Waals surface area contributed by atoms with E-state index in [1.54, 1.807) is 12.1 Å². The summed E-state index contributed by atoms with van der Waals surface area (Å²) < 4.78 is 1.96. The minimum Gasteiger partial charge on any atom is -0.331 e. The van der Waals surface area contributed by atoms with Crippen LogP contribution in [0.15, 0.2) is 24.3 Å². The number of carbonyl (C=O) groups excluding carboxylic acids is 1. The standard InChI is InChI=1S/C18H24ClN5OS/c1-11(2)10-24-13(4)16(12(3)23-24)9-17(25)21-22-18(26)20-15-7-5-6-14(19)8-15/h5-8,11H,9-10H2,1-4H3,(H,21,25)(H2,20,22,26). The monoisotopic (exact) mass is 393 g/mol. The molecule has 2 rings (SSSR count). The predicted octanol–water partition coefficient (Wildman–Crippen LogP) is 3.37. The SMILES string of the molecule is Cc1nn(CC(C)C)c(C)c1CC(=O)NNC(=S)Nc1cccc(Cl)c1. The molecule has 0 bridgehead atoms. The lowest BCUT2D eigenvalue weighted by molar-refractivity contribution is -0.121. The predicted molar refractivity (Wildman–Crippen MR) is 109 cm³/mol. The molecule has 2 aromatic rings. The topological polar surface area (TPSA) is 71.0 Å². The Labute approximate surface area is 164 Å². The number of amides is 1. The number of rotatable bonds is 5. The Morgan fingerprint density at radius 3 is 2.69 bits per heavy atom. The van der Waals surface area contributed by atoms with Crippen molar-refractivity contribution in [3.8, 4) is 0 Å². The molecule has 1 aromatic carbocycles. The van der Waals surface area contributed by atoms with E-state index in [9.17, 15) is 4.79 Å². The van der Waals surface area contributed by atoms with E-state index in [-0.39, 0.29) is 17.4 Å². The highest BCUT2D eigenvalue weighted by molar-refractivity contribution is 7.80. The Morgan fingerprint density at radius 1 is 1.31 bits per heavy atom. The number of aryl methyl sites for hydroxylation is 1. The largest absolute Gasteiger partial charge is 0.331 e. The maximum absolute atomic E-state index is 12.2. The second kappa shape index (κ2) is 9.00. The second-order valence-electron chi connectivity index (χ2n) is 6.54. The van der Waals surface area contributed by atoms with Gasteiger partial charge < -0.3 is 5.32 Å². The summed E-state index contributed by atoms with van der Waals surface area (Å²) in [5, 5.41) is 8.37. The van der Waals surface area contributed by atoms with E-state index in [0.717, 1.165) is 29.2 Å². The van der Waals surface area contributed by atoms with Crippen molar-refractivity contribution in [2.45, 2.75) is 40.7 Å². The van der Waals surface area contributed by atoms with Crippen LogP contribution in [0, 0.1) is 19.8 Å². The average molecular weight is 394 g/mol. The fraction of sp³-hybridized carbons (Fsp3) is 0.389. The number of thiocarbonyl (C=S) groups is 1. The van der Waals surface area contributed by atoms with Crippen molar-refractivity contribution in [3.05, 3.63) is 46.2 Å². The van der Waals surface area contributed by atoms with Crippen LogP contribution in [0.4, 0.5) is 5.69 Å². The van der Waals surface area contributed by atoms with Gasteiger partial charge in [-0.2, -0.15) is 5.10 Å². The lowest BCUT2D eigenvalue weighted by atomic mass is 10.1. The molecular weight excluding hydrogens is 370 g/mol. The van der Waals surface area contributed by atoms with Gasteiger partial charge in [0, 0.05) is 28.5 Å². The number of nitrogens with zero attached hydrogens (tertiary/aromatic N) is 2.